The highest BCUT2D eigenvalue weighted by atomic mass is 16.2. The van der Waals surface area contributed by atoms with Gasteiger partial charge in [-0.2, -0.15) is 0 Å². The van der Waals surface area contributed by atoms with Gasteiger partial charge in [-0.1, -0.05) is 32.0 Å². The lowest BCUT2D eigenvalue weighted by Gasteiger charge is -2.24. The SMILES string of the molecule is CCN(CC)[C@@H]1CC(=O)N(c2ccccc2C)C1=O. The first-order valence-electron chi connectivity index (χ1n) is 6.76. The molecule has 0 unspecified atom stereocenters. The normalized spacial score (nSPS) is 19.6. The van der Waals surface area contributed by atoms with Crippen LogP contribution in [-0.2, 0) is 9.59 Å². The molecule has 1 fully saturated rings. The zero-order chi connectivity index (χ0) is 14.0. The third kappa shape index (κ3) is 2.40. The number of imide groups is 1. The summed E-state index contributed by atoms with van der Waals surface area (Å²) in [5.74, 6) is -0.195. The van der Waals surface area contributed by atoms with Crippen molar-refractivity contribution < 1.29 is 9.59 Å². The van der Waals surface area contributed by atoms with Crippen molar-refractivity contribution in [2.24, 2.45) is 0 Å². The molecule has 102 valence electrons. The van der Waals surface area contributed by atoms with Gasteiger partial charge in [0.05, 0.1) is 18.2 Å². The molecule has 0 aliphatic carbocycles. The molecule has 0 spiro atoms. The number of hydrogen-bond acceptors (Lipinski definition) is 3. The molecule has 1 aromatic carbocycles. The van der Waals surface area contributed by atoms with Crippen LogP contribution in [0.5, 0.6) is 0 Å². The molecule has 4 heteroatoms. The van der Waals surface area contributed by atoms with Crippen LogP contribution < -0.4 is 4.90 Å². The van der Waals surface area contributed by atoms with Crippen LogP contribution in [0.15, 0.2) is 24.3 Å². The maximum Gasteiger partial charge on any atom is 0.251 e. The Kier molecular flexibility index (Phi) is 4.00. The molecular weight excluding hydrogens is 240 g/mol. The van der Waals surface area contributed by atoms with Crippen molar-refractivity contribution in [1.29, 1.82) is 0 Å². The molecule has 0 radical (unpaired) electrons. The molecule has 1 atom stereocenters. The average molecular weight is 260 g/mol. The number of rotatable bonds is 4. The summed E-state index contributed by atoms with van der Waals surface area (Å²) < 4.78 is 0. The van der Waals surface area contributed by atoms with Crippen LogP contribution in [0, 0.1) is 6.92 Å². The lowest BCUT2D eigenvalue weighted by molar-refractivity contribution is -0.122. The van der Waals surface area contributed by atoms with E-state index in [1.165, 1.54) is 4.90 Å². The average Bonchev–Trinajstić information content (AvgIpc) is 2.68. The fourth-order valence-electron chi connectivity index (χ4n) is 2.63. The molecule has 0 bridgehead atoms. The maximum absolute atomic E-state index is 12.5. The molecular formula is C15H20N2O2. The summed E-state index contributed by atoms with van der Waals surface area (Å²) in [6, 6.07) is 7.21. The number of para-hydroxylation sites is 1. The van der Waals surface area contributed by atoms with Crippen molar-refractivity contribution >= 4 is 17.5 Å². The first kappa shape index (κ1) is 13.7. The van der Waals surface area contributed by atoms with Crippen LogP contribution in [0.3, 0.4) is 0 Å². The topological polar surface area (TPSA) is 40.6 Å². The van der Waals surface area contributed by atoms with Crippen molar-refractivity contribution in [2.45, 2.75) is 33.2 Å². The second-order valence-electron chi connectivity index (χ2n) is 4.80. The van der Waals surface area contributed by atoms with Gasteiger partial charge in [-0.05, 0) is 31.6 Å². The predicted octanol–water partition coefficient (Wildman–Crippen LogP) is 1.97. The van der Waals surface area contributed by atoms with E-state index in [0.29, 0.717) is 5.69 Å². The molecule has 1 aliphatic rings. The summed E-state index contributed by atoms with van der Waals surface area (Å²) in [5, 5.41) is 0. The molecule has 1 aromatic rings. The lowest BCUT2D eigenvalue weighted by atomic mass is 10.2. The Labute approximate surface area is 114 Å². The summed E-state index contributed by atoms with van der Waals surface area (Å²) in [7, 11) is 0. The number of nitrogens with zero attached hydrogens (tertiary/aromatic N) is 2. The van der Waals surface area contributed by atoms with Crippen LogP contribution in [0.4, 0.5) is 5.69 Å². The van der Waals surface area contributed by atoms with Gasteiger partial charge in [0, 0.05) is 0 Å². The zero-order valence-corrected chi connectivity index (χ0v) is 11.7. The number of carbonyl (C=O) groups excluding carboxylic acids is 2. The third-order valence-corrected chi connectivity index (χ3v) is 3.73. The Morgan fingerprint density at radius 1 is 1.21 bits per heavy atom. The summed E-state index contributed by atoms with van der Waals surface area (Å²) >= 11 is 0. The lowest BCUT2D eigenvalue weighted by Crippen LogP contribution is -2.42. The van der Waals surface area contributed by atoms with Gasteiger partial charge in [-0.15, -0.1) is 0 Å². The fourth-order valence-corrected chi connectivity index (χ4v) is 2.63. The monoisotopic (exact) mass is 260 g/mol. The van der Waals surface area contributed by atoms with Crippen molar-refractivity contribution in [1.82, 2.24) is 4.90 Å². The second kappa shape index (κ2) is 5.53. The van der Waals surface area contributed by atoms with E-state index in [1.54, 1.807) is 0 Å². The number of hydrogen-bond donors (Lipinski definition) is 0. The minimum Gasteiger partial charge on any atom is -0.292 e. The van der Waals surface area contributed by atoms with Crippen molar-refractivity contribution in [3.63, 3.8) is 0 Å². The smallest absolute Gasteiger partial charge is 0.251 e. The second-order valence-corrected chi connectivity index (χ2v) is 4.80. The quantitative estimate of drug-likeness (QED) is 0.777. The number of carbonyl (C=O) groups is 2. The highest BCUT2D eigenvalue weighted by Gasteiger charge is 2.42. The predicted molar refractivity (Wildman–Crippen MR) is 75.0 cm³/mol. The first-order valence-corrected chi connectivity index (χ1v) is 6.76. The highest BCUT2D eigenvalue weighted by Crippen LogP contribution is 2.27. The summed E-state index contributed by atoms with van der Waals surface area (Å²) in [4.78, 5) is 28.0. The van der Waals surface area contributed by atoms with E-state index >= 15 is 0 Å². The van der Waals surface area contributed by atoms with E-state index in [9.17, 15) is 9.59 Å². The van der Waals surface area contributed by atoms with Crippen LogP contribution in [-0.4, -0.2) is 35.8 Å². The molecule has 1 heterocycles. The van der Waals surface area contributed by atoms with Crippen LogP contribution in [0.25, 0.3) is 0 Å². The van der Waals surface area contributed by atoms with Gasteiger partial charge < -0.3 is 0 Å². The standard InChI is InChI=1S/C15H20N2O2/c1-4-16(5-2)13-10-14(18)17(15(13)19)12-9-7-6-8-11(12)3/h6-9,13H,4-5,10H2,1-3H3/t13-/m1/s1. The summed E-state index contributed by atoms with van der Waals surface area (Å²) in [6.45, 7) is 7.50. The van der Waals surface area contributed by atoms with Crippen molar-refractivity contribution in [3.05, 3.63) is 29.8 Å². The number of anilines is 1. The van der Waals surface area contributed by atoms with E-state index in [4.69, 9.17) is 0 Å². The largest absolute Gasteiger partial charge is 0.292 e. The molecule has 0 saturated carbocycles. The number of amides is 2. The minimum absolute atomic E-state index is 0.0944. The van der Waals surface area contributed by atoms with E-state index in [-0.39, 0.29) is 24.3 Å². The minimum atomic E-state index is -0.304. The fraction of sp³-hybridized carbons (Fsp3) is 0.467. The van der Waals surface area contributed by atoms with E-state index in [0.717, 1.165) is 18.7 Å². The maximum atomic E-state index is 12.5. The Hall–Kier alpha value is -1.68. The molecule has 1 aliphatic heterocycles. The van der Waals surface area contributed by atoms with Crippen molar-refractivity contribution in [3.8, 4) is 0 Å². The van der Waals surface area contributed by atoms with Crippen LogP contribution in [0.1, 0.15) is 25.8 Å². The number of benzene rings is 1. The molecule has 2 rings (SSSR count). The third-order valence-electron chi connectivity index (χ3n) is 3.73. The Morgan fingerprint density at radius 2 is 1.84 bits per heavy atom. The number of aryl methyl sites for hydroxylation is 1. The van der Waals surface area contributed by atoms with Gasteiger partial charge in [0.25, 0.3) is 5.91 Å². The van der Waals surface area contributed by atoms with Gasteiger partial charge in [-0.3, -0.25) is 14.5 Å². The van der Waals surface area contributed by atoms with Gasteiger partial charge >= 0.3 is 0 Å². The molecule has 19 heavy (non-hydrogen) atoms. The Balaban J connectivity index is 2.32. The molecule has 0 aromatic heterocycles. The van der Waals surface area contributed by atoms with E-state index in [1.807, 2.05) is 49.9 Å². The van der Waals surface area contributed by atoms with Crippen molar-refractivity contribution in [2.75, 3.05) is 18.0 Å². The van der Waals surface area contributed by atoms with E-state index < -0.39 is 0 Å². The summed E-state index contributed by atoms with van der Waals surface area (Å²) in [5.41, 5.74) is 1.66. The molecule has 2 amide bonds. The molecule has 0 N–H and O–H groups in total. The van der Waals surface area contributed by atoms with E-state index in [2.05, 4.69) is 0 Å². The van der Waals surface area contributed by atoms with Gasteiger partial charge in [0.1, 0.15) is 0 Å². The molecule has 4 nitrogen and oxygen atoms in total. The van der Waals surface area contributed by atoms with Gasteiger partial charge in [0.2, 0.25) is 5.91 Å². The molecule has 1 saturated heterocycles. The van der Waals surface area contributed by atoms with Gasteiger partial charge in [-0.25, -0.2) is 4.90 Å². The van der Waals surface area contributed by atoms with Crippen LogP contribution >= 0.6 is 0 Å². The Morgan fingerprint density at radius 3 is 2.42 bits per heavy atom. The zero-order valence-electron chi connectivity index (χ0n) is 11.7. The van der Waals surface area contributed by atoms with Crippen LogP contribution in [0.2, 0.25) is 0 Å². The first-order chi connectivity index (χ1) is 9.10. The Bertz CT molecular complexity index is 495. The van der Waals surface area contributed by atoms with Gasteiger partial charge in [0.15, 0.2) is 0 Å². The summed E-state index contributed by atoms with van der Waals surface area (Å²) in [6.07, 6.45) is 0.287. The highest BCUT2D eigenvalue weighted by molar-refractivity contribution is 6.22. The number of likely N-dealkylation sites (N-methyl/N-ethyl adjacent to an activating group) is 1.